The zero-order valence-corrected chi connectivity index (χ0v) is 12.0. The Hall–Kier alpha value is -1.21. The first kappa shape index (κ1) is 16.8. The van der Waals surface area contributed by atoms with E-state index >= 15 is 0 Å². The SMILES string of the molecule is CC(C)CC(N)C(=O)Nc1ccc(SC(F)(F)F)cc1. The lowest BCUT2D eigenvalue weighted by Crippen LogP contribution is -2.36. The summed E-state index contributed by atoms with van der Waals surface area (Å²) in [5.41, 5.74) is 1.83. The van der Waals surface area contributed by atoms with E-state index in [1.807, 2.05) is 13.8 Å². The first-order chi connectivity index (χ1) is 9.17. The molecule has 0 fully saturated rings. The van der Waals surface area contributed by atoms with Crippen LogP contribution in [-0.2, 0) is 4.79 Å². The Kier molecular flexibility index (Phi) is 5.88. The zero-order valence-electron chi connectivity index (χ0n) is 11.2. The van der Waals surface area contributed by atoms with Crippen LogP contribution in [0.2, 0.25) is 0 Å². The summed E-state index contributed by atoms with van der Waals surface area (Å²) in [7, 11) is 0. The van der Waals surface area contributed by atoms with Crippen LogP contribution in [0.5, 0.6) is 0 Å². The van der Waals surface area contributed by atoms with Gasteiger partial charge in [0.25, 0.3) is 0 Å². The number of nitrogens with one attached hydrogen (secondary N) is 1. The molecule has 1 unspecified atom stereocenters. The van der Waals surface area contributed by atoms with E-state index in [2.05, 4.69) is 5.32 Å². The highest BCUT2D eigenvalue weighted by atomic mass is 32.2. The lowest BCUT2D eigenvalue weighted by molar-refractivity contribution is -0.117. The quantitative estimate of drug-likeness (QED) is 0.817. The molecule has 0 aromatic heterocycles. The first-order valence-corrected chi connectivity index (χ1v) is 6.91. The number of nitrogens with two attached hydrogens (primary N) is 1. The van der Waals surface area contributed by atoms with Crippen LogP contribution < -0.4 is 11.1 Å². The number of alkyl halides is 3. The van der Waals surface area contributed by atoms with Crippen molar-refractivity contribution in [3.05, 3.63) is 24.3 Å². The van der Waals surface area contributed by atoms with Crippen LogP contribution in [0.25, 0.3) is 0 Å². The third-order valence-electron chi connectivity index (χ3n) is 2.42. The van der Waals surface area contributed by atoms with Gasteiger partial charge >= 0.3 is 5.51 Å². The highest BCUT2D eigenvalue weighted by Crippen LogP contribution is 2.37. The Balaban J connectivity index is 2.59. The van der Waals surface area contributed by atoms with Gasteiger partial charge in [0.05, 0.1) is 6.04 Å². The summed E-state index contributed by atoms with van der Waals surface area (Å²) in [5.74, 6) is -0.0452. The molecule has 3 nitrogen and oxygen atoms in total. The van der Waals surface area contributed by atoms with Gasteiger partial charge in [-0.1, -0.05) is 13.8 Å². The van der Waals surface area contributed by atoms with Gasteiger partial charge in [0, 0.05) is 10.6 Å². The van der Waals surface area contributed by atoms with Crippen LogP contribution in [0.3, 0.4) is 0 Å². The lowest BCUT2D eigenvalue weighted by atomic mass is 10.0. The molecule has 1 atom stereocenters. The van der Waals surface area contributed by atoms with Gasteiger partial charge in [-0.2, -0.15) is 13.2 Å². The summed E-state index contributed by atoms with van der Waals surface area (Å²) in [4.78, 5) is 11.8. The zero-order chi connectivity index (χ0) is 15.3. The minimum atomic E-state index is -4.32. The van der Waals surface area contributed by atoms with E-state index < -0.39 is 11.6 Å². The number of rotatable bonds is 5. The van der Waals surface area contributed by atoms with E-state index in [0.29, 0.717) is 18.0 Å². The second-order valence-corrected chi connectivity index (χ2v) is 5.94. The van der Waals surface area contributed by atoms with Gasteiger partial charge in [0.15, 0.2) is 0 Å². The number of carbonyl (C=O) groups excluding carboxylic acids is 1. The van der Waals surface area contributed by atoms with Gasteiger partial charge in [0.2, 0.25) is 5.91 Å². The van der Waals surface area contributed by atoms with Crippen molar-refractivity contribution in [2.75, 3.05) is 5.32 Å². The summed E-state index contributed by atoms with van der Waals surface area (Å²) >= 11 is -0.194. The number of amides is 1. The molecular formula is C13H17F3N2OS. The normalized spacial score (nSPS) is 13.3. The minimum Gasteiger partial charge on any atom is -0.325 e. The molecule has 7 heteroatoms. The van der Waals surface area contributed by atoms with Gasteiger partial charge in [0.1, 0.15) is 0 Å². The van der Waals surface area contributed by atoms with E-state index in [0.717, 1.165) is 0 Å². The smallest absolute Gasteiger partial charge is 0.325 e. The number of carbonyl (C=O) groups is 1. The van der Waals surface area contributed by atoms with Crippen molar-refractivity contribution in [3.8, 4) is 0 Å². The summed E-state index contributed by atoms with van der Waals surface area (Å²) < 4.78 is 36.5. The van der Waals surface area contributed by atoms with Crippen molar-refractivity contribution >= 4 is 23.4 Å². The van der Waals surface area contributed by atoms with Crippen molar-refractivity contribution in [1.29, 1.82) is 0 Å². The average Bonchev–Trinajstić information content (AvgIpc) is 2.28. The second-order valence-electron chi connectivity index (χ2n) is 4.80. The molecule has 0 saturated heterocycles. The molecule has 20 heavy (non-hydrogen) atoms. The average molecular weight is 306 g/mol. The number of hydrogen-bond acceptors (Lipinski definition) is 3. The molecule has 0 bridgehead atoms. The van der Waals surface area contributed by atoms with Crippen LogP contribution in [0.1, 0.15) is 20.3 Å². The van der Waals surface area contributed by atoms with Crippen LogP contribution in [-0.4, -0.2) is 17.5 Å². The van der Waals surface area contributed by atoms with Gasteiger partial charge in [-0.3, -0.25) is 4.79 Å². The molecule has 0 aliphatic heterocycles. The molecule has 0 spiro atoms. The monoisotopic (exact) mass is 306 g/mol. The summed E-state index contributed by atoms with van der Waals surface area (Å²) in [6, 6.07) is 4.84. The molecule has 0 aliphatic rings. The Morgan fingerprint density at radius 1 is 1.30 bits per heavy atom. The van der Waals surface area contributed by atoms with Gasteiger partial charge in [-0.25, -0.2) is 0 Å². The maximum atomic E-state index is 12.2. The number of thioether (sulfide) groups is 1. The lowest BCUT2D eigenvalue weighted by Gasteiger charge is -2.14. The maximum absolute atomic E-state index is 12.2. The third-order valence-corrected chi connectivity index (χ3v) is 3.16. The second kappa shape index (κ2) is 6.99. The Labute approximate surface area is 120 Å². The topological polar surface area (TPSA) is 55.1 Å². The highest BCUT2D eigenvalue weighted by Gasteiger charge is 2.29. The van der Waals surface area contributed by atoms with Crippen molar-refractivity contribution in [3.63, 3.8) is 0 Å². The summed E-state index contributed by atoms with van der Waals surface area (Å²) in [6.07, 6.45) is 0.549. The van der Waals surface area contributed by atoms with Crippen molar-refractivity contribution in [2.24, 2.45) is 11.7 Å². The number of hydrogen-bond donors (Lipinski definition) is 2. The fourth-order valence-electron chi connectivity index (χ4n) is 1.59. The van der Waals surface area contributed by atoms with Crippen LogP contribution in [0.4, 0.5) is 18.9 Å². The number of anilines is 1. The summed E-state index contributed by atoms with van der Waals surface area (Å²) in [5, 5.41) is 2.58. The fourth-order valence-corrected chi connectivity index (χ4v) is 2.13. The third kappa shape index (κ3) is 6.29. The van der Waals surface area contributed by atoms with Crippen LogP contribution >= 0.6 is 11.8 Å². The largest absolute Gasteiger partial charge is 0.446 e. The highest BCUT2D eigenvalue weighted by molar-refractivity contribution is 8.00. The van der Waals surface area contributed by atoms with Crippen molar-refractivity contribution < 1.29 is 18.0 Å². The molecule has 0 saturated carbocycles. The minimum absolute atomic E-state index is 0.0713. The molecule has 1 amide bonds. The summed E-state index contributed by atoms with van der Waals surface area (Å²) in [6.45, 7) is 3.91. The van der Waals surface area contributed by atoms with E-state index in [1.165, 1.54) is 24.3 Å². The molecular weight excluding hydrogens is 289 g/mol. The molecule has 0 heterocycles. The van der Waals surface area contributed by atoms with Gasteiger partial charge in [-0.05, 0) is 48.4 Å². The Bertz CT molecular complexity index is 446. The molecule has 0 radical (unpaired) electrons. The van der Waals surface area contributed by atoms with Crippen LogP contribution in [0, 0.1) is 5.92 Å². The van der Waals surface area contributed by atoms with E-state index in [4.69, 9.17) is 5.73 Å². The Morgan fingerprint density at radius 3 is 2.30 bits per heavy atom. The maximum Gasteiger partial charge on any atom is 0.446 e. The molecule has 112 valence electrons. The molecule has 3 N–H and O–H groups in total. The van der Waals surface area contributed by atoms with Crippen molar-refractivity contribution in [1.82, 2.24) is 0 Å². The van der Waals surface area contributed by atoms with Gasteiger partial charge in [-0.15, -0.1) is 0 Å². The van der Waals surface area contributed by atoms with Gasteiger partial charge < -0.3 is 11.1 Å². The molecule has 1 aromatic carbocycles. The van der Waals surface area contributed by atoms with E-state index in [9.17, 15) is 18.0 Å². The first-order valence-electron chi connectivity index (χ1n) is 6.09. The standard InChI is InChI=1S/C13H17F3N2OS/c1-8(2)7-11(17)12(19)18-9-3-5-10(6-4-9)20-13(14,15)16/h3-6,8,11H,7,17H2,1-2H3,(H,18,19). The predicted molar refractivity (Wildman–Crippen MR) is 74.4 cm³/mol. The Morgan fingerprint density at radius 2 is 1.85 bits per heavy atom. The predicted octanol–water partition coefficient (Wildman–Crippen LogP) is 3.61. The van der Waals surface area contributed by atoms with Crippen LogP contribution in [0.15, 0.2) is 29.2 Å². The molecule has 1 aromatic rings. The van der Waals surface area contributed by atoms with Crippen molar-refractivity contribution in [2.45, 2.75) is 36.7 Å². The number of halogens is 3. The molecule has 1 rings (SSSR count). The van der Waals surface area contributed by atoms with E-state index in [-0.39, 0.29) is 22.6 Å². The van der Waals surface area contributed by atoms with E-state index in [1.54, 1.807) is 0 Å². The fraction of sp³-hybridized carbons (Fsp3) is 0.462. The molecule has 0 aliphatic carbocycles. The number of benzene rings is 1.